The van der Waals surface area contributed by atoms with Gasteiger partial charge in [-0.1, -0.05) is 12.2 Å². The van der Waals surface area contributed by atoms with Crippen LogP contribution in [0.5, 0.6) is 0 Å². The number of hydrogen-bond acceptors (Lipinski definition) is 7. The summed E-state index contributed by atoms with van der Waals surface area (Å²) in [6.07, 6.45) is -7.53. The maximum Gasteiger partial charge on any atom is 0.521 e. The van der Waals surface area contributed by atoms with E-state index in [1.807, 2.05) is 18.7 Å². The van der Waals surface area contributed by atoms with Gasteiger partial charge in [0.2, 0.25) is 5.91 Å². The van der Waals surface area contributed by atoms with E-state index in [1.54, 1.807) is 20.8 Å². The number of carbonyl (C=O) groups is 1. The van der Waals surface area contributed by atoms with Gasteiger partial charge in [0.05, 0.1) is 17.3 Å². The fourth-order valence-electron chi connectivity index (χ4n) is 4.63. The van der Waals surface area contributed by atoms with Crippen LogP contribution in [0.2, 0.25) is 0 Å². The normalized spacial score (nSPS) is 13.2. The van der Waals surface area contributed by atoms with Crippen molar-refractivity contribution < 1.29 is 48.8 Å². The van der Waals surface area contributed by atoms with E-state index in [1.165, 1.54) is 25.1 Å². The topological polar surface area (TPSA) is 81.5 Å². The number of rotatable bonds is 15. The summed E-state index contributed by atoms with van der Waals surface area (Å²) < 4.78 is 105. The van der Waals surface area contributed by atoms with Gasteiger partial charge in [-0.05, 0) is 59.8 Å². The third-order valence-corrected chi connectivity index (χ3v) is 9.37. The molecule has 246 valence electrons. The number of halogens is 6. The highest BCUT2D eigenvalue weighted by atomic mass is 28.4. The van der Waals surface area contributed by atoms with Gasteiger partial charge in [-0.15, -0.1) is 0 Å². The zero-order valence-corrected chi connectivity index (χ0v) is 26.5. The molecule has 44 heavy (non-hydrogen) atoms. The lowest BCUT2D eigenvalue weighted by Gasteiger charge is -2.34. The molecule has 1 amide bonds. The van der Waals surface area contributed by atoms with Crippen molar-refractivity contribution in [2.24, 2.45) is 0 Å². The SMILES string of the molecule is CCO[Si](CN(CC(F)(F)F)C(=O)/C(C)=C/C=C/c1c(C(F)(F)F)c2ccc(N(CC)CC)cc2oc1=O)(OCC)OCC. The molecule has 0 unspecified atom stereocenters. The second kappa shape index (κ2) is 15.7. The first-order chi connectivity index (χ1) is 20.6. The average Bonchev–Trinajstić information content (AvgIpc) is 2.92. The first-order valence-electron chi connectivity index (χ1n) is 14.1. The van der Waals surface area contributed by atoms with Crippen molar-refractivity contribution in [3.05, 3.63) is 57.5 Å². The van der Waals surface area contributed by atoms with Crippen LogP contribution in [0.3, 0.4) is 0 Å². The number of anilines is 1. The lowest BCUT2D eigenvalue weighted by atomic mass is 10.0. The summed E-state index contributed by atoms with van der Waals surface area (Å²) in [6.45, 7) is 9.45. The Morgan fingerprint density at radius 2 is 1.52 bits per heavy atom. The maximum atomic E-state index is 14.2. The maximum absolute atomic E-state index is 14.2. The Labute approximate surface area is 253 Å². The molecule has 0 saturated heterocycles. The fraction of sp³-hybridized carbons (Fsp3) is 0.517. The molecular formula is C29H38F6N2O6Si. The van der Waals surface area contributed by atoms with E-state index in [4.69, 9.17) is 17.7 Å². The predicted octanol–water partition coefficient (Wildman–Crippen LogP) is 6.60. The van der Waals surface area contributed by atoms with Crippen LogP contribution in [0.15, 0.2) is 45.1 Å². The Hall–Kier alpha value is -3.14. The third kappa shape index (κ3) is 9.68. The molecule has 0 aliphatic rings. The van der Waals surface area contributed by atoms with Crippen LogP contribution in [-0.4, -0.2) is 71.4 Å². The Bertz CT molecular complexity index is 1370. The molecule has 1 heterocycles. The smallest absolute Gasteiger partial charge is 0.422 e. The molecule has 2 aromatic rings. The minimum Gasteiger partial charge on any atom is -0.422 e. The summed E-state index contributed by atoms with van der Waals surface area (Å²) in [5.74, 6) is -1.08. The summed E-state index contributed by atoms with van der Waals surface area (Å²) in [5.41, 5.74) is -3.25. The molecule has 0 fully saturated rings. The summed E-state index contributed by atoms with van der Waals surface area (Å²) >= 11 is 0. The average molecular weight is 653 g/mol. The molecule has 1 aromatic heterocycles. The van der Waals surface area contributed by atoms with Crippen LogP contribution in [0.4, 0.5) is 32.0 Å². The van der Waals surface area contributed by atoms with Crippen molar-refractivity contribution in [3.8, 4) is 0 Å². The van der Waals surface area contributed by atoms with E-state index in [2.05, 4.69) is 0 Å². The second-order valence-electron chi connectivity index (χ2n) is 9.50. The van der Waals surface area contributed by atoms with Crippen molar-refractivity contribution in [1.82, 2.24) is 4.90 Å². The summed E-state index contributed by atoms with van der Waals surface area (Å²) in [4.78, 5) is 28.3. The van der Waals surface area contributed by atoms with E-state index in [9.17, 15) is 35.9 Å². The highest BCUT2D eigenvalue weighted by Gasteiger charge is 2.46. The number of nitrogens with zero attached hydrogens (tertiary/aromatic N) is 2. The quantitative estimate of drug-likeness (QED) is 0.0706. The van der Waals surface area contributed by atoms with Gasteiger partial charge in [-0.3, -0.25) is 4.79 Å². The Balaban J connectivity index is 2.55. The molecule has 15 heteroatoms. The standard InChI is InChI=1S/C29H38F6N2O6Si/c1-7-36(8-2)21-15-16-22-24(17-21)43-27(39)23(25(22)29(33,34)35)14-12-13-20(6)26(38)37(18-28(30,31)32)19-44(40-9-3,41-10-4)42-11-5/h12-17H,7-11,18-19H2,1-6H3/b14-12+,20-13+. The third-order valence-electron chi connectivity index (χ3n) is 6.42. The van der Waals surface area contributed by atoms with Gasteiger partial charge in [0, 0.05) is 55.6 Å². The van der Waals surface area contributed by atoms with E-state index in [-0.39, 0.29) is 36.4 Å². The number of carbonyl (C=O) groups excluding carboxylic acids is 1. The number of hydrogen-bond donors (Lipinski definition) is 0. The van der Waals surface area contributed by atoms with Crippen molar-refractivity contribution in [1.29, 1.82) is 0 Å². The summed E-state index contributed by atoms with van der Waals surface area (Å²) in [6, 6.07) is 4.07. The molecular weight excluding hydrogens is 614 g/mol. The number of allylic oxidation sites excluding steroid dienone is 2. The second-order valence-corrected chi connectivity index (χ2v) is 12.0. The van der Waals surface area contributed by atoms with Gasteiger partial charge in [-0.25, -0.2) is 4.79 Å². The Morgan fingerprint density at radius 3 is 2.00 bits per heavy atom. The molecule has 0 saturated carbocycles. The number of benzene rings is 1. The van der Waals surface area contributed by atoms with Crippen LogP contribution in [-0.2, 0) is 24.2 Å². The van der Waals surface area contributed by atoms with Gasteiger partial charge >= 0.3 is 26.8 Å². The van der Waals surface area contributed by atoms with Crippen LogP contribution in [0.25, 0.3) is 17.0 Å². The summed E-state index contributed by atoms with van der Waals surface area (Å²) in [5, 5.41) is -0.343. The Morgan fingerprint density at radius 1 is 0.955 bits per heavy atom. The number of fused-ring (bicyclic) bond motifs is 1. The highest BCUT2D eigenvalue weighted by Crippen LogP contribution is 2.38. The monoisotopic (exact) mass is 652 g/mol. The fourth-order valence-corrected chi connectivity index (χ4v) is 7.19. The highest BCUT2D eigenvalue weighted by molar-refractivity contribution is 6.61. The van der Waals surface area contributed by atoms with Crippen LogP contribution in [0, 0.1) is 0 Å². The molecule has 0 bridgehead atoms. The predicted molar refractivity (Wildman–Crippen MR) is 157 cm³/mol. The van der Waals surface area contributed by atoms with Gasteiger partial charge in [0.1, 0.15) is 12.1 Å². The minimum atomic E-state index is -4.95. The zero-order chi connectivity index (χ0) is 33.3. The summed E-state index contributed by atoms with van der Waals surface area (Å²) in [7, 11) is -3.75. The van der Waals surface area contributed by atoms with Crippen molar-refractivity contribution in [2.75, 3.05) is 50.5 Å². The van der Waals surface area contributed by atoms with E-state index >= 15 is 0 Å². The first kappa shape index (κ1) is 37.0. The van der Waals surface area contributed by atoms with Gasteiger partial charge in [-0.2, -0.15) is 26.3 Å². The molecule has 0 atom stereocenters. The molecule has 0 aliphatic carbocycles. The van der Waals surface area contributed by atoms with E-state index < -0.39 is 56.5 Å². The number of alkyl halides is 6. The minimum absolute atomic E-state index is 0.0600. The molecule has 1 aromatic carbocycles. The van der Waals surface area contributed by atoms with Crippen LogP contribution in [0.1, 0.15) is 52.7 Å². The van der Waals surface area contributed by atoms with Crippen molar-refractivity contribution in [2.45, 2.75) is 53.9 Å². The molecule has 0 spiro atoms. The molecule has 8 nitrogen and oxygen atoms in total. The number of amides is 1. The Kier molecular flexibility index (Phi) is 13.2. The van der Waals surface area contributed by atoms with Crippen molar-refractivity contribution in [3.63, 3.8) is 0 Å². The lowest BCUT2D eigenvalue weighted by molar-refractivity contribution is -0.158. The van der Waals surface area contributed by atoms with E-state index in [0.717, 1.165) is 18.2 Å². The van der Waals surface area contributed by atoms with Crippen molar-refractivity contribution >= 4 is 37.4 Å². The van der Waals surface area contributed by atoms with Gasteiger partial charge < -0.3 is 27.5 Å². The van der Waals surface area contributed by atoms with Gasteiger partial charge in [0.25, 0.3) is 0 Å². The molecule has 0 radical (unpaired) electrons. The largest absolute Gasteiger partial charge is 0.521 e. The van der Waals surface area contributed by atoms with Gasteiger partial charge in [0.15, 0.2) is 0 Å². The van der Waals surface area contributed by atoms with E-state index in [0.29, 0.717) is 23.7 Å². The molecule has 2 rings (SSSR count). The molecule has 0 aliphatic heterocycles. The first-order valence-corrected chi connectivity index (χ1v) is 16.0. The zero-order valence-electron chi connectivity index (χ0n) is 25.5. The van der Waals surface area contributed by atoms with Crippen LogP contribution < -0.4 is 10.5 Å². The van der Waals surface area contributed by atoms with Crippen LogP contribution >= 0.6 is 0 Å². The molecule has 0 N–H and O–H groups in total. The lowest BCUT2D eigenvalue weighted by Crippen LogP contribution is -2.58.